The monoisotopic (exact) mass is 600 g/mol. The molecule has 0 aromatic heterocycles. The molecule has 3 aliphatic rings. The molecular formula is C41H48N2O2. The van der Waals surface area contributed by atoms with E-state index in [1.54, 1.807) is 0 Å². The Kier molecular flexibility index (Phi) is 8.25. The Hall–Kier alpha value is -3.92. The van der Waals surface area contributed by atoms with Crippen LogP contribution in [0.15, 0.2) is 78.9 Å². The minimum absolute atomic E-state index is 0.544. The highest BCUT2D eigenvalue weighted by Crippen LogP contribution is 2.44. The number of rotatable bonds is 6. The number of fused-ring (bicyclic) bond motifs is 2. The first-order valence-corrected chi connectivity index (χ1v) is 17.0. The Morgan fingerprint density at radius 2 is 1.09 bits per heavy atom. The maximum absolute atomic E-state index is 6.32. The predicted molar refractivity (Wildman–Crippen MR) is 186 cm³/mol. The first kappa shape index (κ1) is 29.8. The van der Waals surface area contributed by atoms with E-state index in [-0.39, 0.29) is 0 Å². The Labute approximate surface area is 270 Å². The molecule has 0 atom stereocenters. The zero-order valence-corrected chi connectivity index (χ0v) is 27.7. The molecule has 45 heavy (non-hydrogen) atoms. The minimum Gasteiger partial charge on any atom is -0.473 e. The molecule has 234 valence electrons. The second-order valence-corrected chi connectivity index (χ2v) is 14.2. The van der Waals surface area contributed by atoms with Gasteiger partial charge in [0.25, 0.3) is 0 Å². The third-order valence-electron chi connectivity index (χ3n) is 10.4. The fraction of sp³-hybridized carbons (Fsp3) is 0.415. The van der Waals surface area contributed by atoms with Gasteiger partial charge in [0, 0.05) is 35.6 Å². The highest BCUT2D eigenvalue weighted by Gasteiger charge is 2.28. The van der Waals surface area contributed by atoms with Gasteiger partial charge in [-0.25, -0.2) is 0 Å². The standard InChI is InChI=1S/C41H48N2O2/c1-27(2)30-10-15-38(16-11-30)42-23-36-21-34(14-19-40(36)44-25-42)32-6-8-33(9-7-32)35-20-29(5)41-37(22-35)24-43(26-45-41)39-17-12-31(13-18-39)28(3)4/h10-22,27-28,32-33H,6-9,23-26H2,1-5H3. The van der Waals surface area contributed by atoms with Crippen LogP contribution < -0.4 is 19.3 Å². The normalized spacial score (nSPS) is 19.6. The lowest BCUT2D eigenvalue weighted by Crippen LogP contribution is -2.32. The zero-order chi connectivity index (χ0) is 31.1. The largest absolute Gasteiger partial charge is 0.473 e. The summed E-state index contributed by atoms with van der Waals surface area (Å²) in [6.07, 6.45) is 4.91. The zero-order valence-electron chi connectivity index (χ0n) is 27.7. The van der Waals surface area contributed by atoms with E-state index in [1.165, 1.54) is 76.0 Å². The van der Waals surface area contributed by atoms with Crippen molar-refractivity contribution in [3.8, 4) is 11.5 Å². The van der Waals surface area contributed by atoms with Crippen molar-refractivity contribution < 1.29 is 9.47 Å². The van der Waals surface area contributed by atoms with Crippen molar-refractivity contribution in [2.45, 2.75) is 97.1 Å². The molecule has 4 nitrogen and oxygen atoms in total. The topological polar surface area (TPSA) is 24.9 Å². The second kappa shape index (κ2) is 12.5. The van der Waals surface area contributed by atoms with E-state index in [1.807, 2.05) is 0 Å². The van der Waals surface area contributed by atoms with Gasteiger partial charge in [0.15, 0.2) is 13.5 Å². The maximum Gasteiger partial charge on any atom is 0.161 e. The van der Waals surface area contributed by atoms with Crippen molar-refractivity contribution in [2.75, 3.05) is 23.3 Å². The molecular weight excluding hydrogens is 552 g/mol. The lowest BCUT2D eigenvalue weighted by molar-refractivity contribution is 0.286. The average Bonchev–Trinajstić information content (AvgIpc) is 3.07. The van der Waals surface area contributed by atoms with E-state index >= 15 is 0 Å². The number of hydrogen-bond acceptors (Lipinski definition) is 4. The average molecular weight is 601 g/mol. The van der Waals surface area contributed by atoms with Crippen LogP contribution in [0.1, 0.15) is 116 Å². The van der Waals surface area contributed by atoms with Crippen molar-refractivity contribution in [1.82, 2.24) is 0 Å². The summed E-state index contributed by atoms with van der Waals surface area (Å²) in [6, 6.07) is 29.8. The third-order valence-corrected chi connectivity index (χ3v) is 10.4. The van der Waals surface area contributed by atoms with Gasteiger partial charge in [-0.2, -0.15) is 0 Å². The molecule has 0 radical (unpaired) electrons. The van der Waals surface area contributed by atoms with Gasteiger partial charge in [0.2, 0.25) is 0 Å². The van der Waals surface area contributed by atoms with E-state index in [2.05, 4.69) is 123 Å². The van der Waals surface area contributed by atoms with Crippen LogP contribution in [0.2, 0.25) is 0 Å². The van der Waals surface area contributed by atoms with Crippen molar-refractivity contribution in [3.63, 3.8) is 0 Å². The first-order chi connectivity index (χ1) is 21.8. The van der Waals surface area contributed by atoms with Gasteiger partial charge < -0.3 is 19.3 Å². The lowest BCUT2D eigenvalue weighted by Gasteiger charge is -2.34. The van der Waals surface area contributed by atoms with Crippen LogP contribution >= 0.6 is 0 Å². The first-order valence-electron chi connectivity index (χ1n) is 17.0. The van der Waals surface area contributed by atoms with Gasteiger partial charge in [0.1, 0.15) is 11.5 Å². The summed E-state index contributed by atoms with van der Waals surface area (Å²) in [4.78, 5) is 4.70. The number of ether oxygens (including phenoxy) is 2. The molecule has 0 spiro atoms. The molecule has 1 aliphatic carbocycles. The van der Waals surface area contributed by atoms with Gasteiger partial charge in [-0.1, -0.05) is 76.2 Å². The number of hydrogen-bond donors (Lipinski definition) is 0. The molecule has 1 fully saturated rings. The quantitative estimate of drug-likeness (QED) is 0.220. The Balaban J connectivity index is 1.01. The summed E-state index contributed by atoms with van der Waals surface area (Å²) in [5.74, 6) is 4.43. The molecule has 1 saturated carbocycles. The van der Waals surface area contributed by atoms with Crippen LogP contribution in [0.4, 0.5) is 11.4 Å². The molecule has 4 heteroatoms. The van der Waals surface area contributed by atoms with Crippen molar-refractivity contribution in [3.05, 3.63) is 118 Å². The van der Waals surface area contributed by atoms with E-state index in [9.17, 15) is 0 Å². The van der Waals surface area contributed by atoms with Crippen LogP contribution in [0, 0.1) is 6.92 Å². The molecule has 0 unspecified atom stereocenters. The predicted octanol–water partition coefficient (Wildman–Crippen LogP) is 10.4. The Bertz CT molecular complexity index is 1630. The molecule has 0 N–H and O–H groups in total. The van der Waals surface area contributed by atoms with Crippen molar-refractivity contribution in [1.29, 1.82) is 0 Å². The molecule has 0 saturated heterocycles. The summed E-state index contributed by atoms with van der Waals surface area (Å²) in [6.45, 7) is 14.2. The van der Waals surface area contributed by atoms with Gasteiger partial charge in [0.05, 0.1) is 0 Å². The summed E-state index contributed by atoms with van der Waals surface area (Å²) in [5.41, 5.74) is 12.1. The SMILES string of the molecule is Cc1cc(C2CCC(c3ccc4c(c3)CN(c3ccc(C(C)C)cc3)CO4)CC2)cc2c1OCN(c1ccc(C(C)C)cc1)C2. The fourth-order valence-electron chi connectivity index (χ4n) is 7.58. The highest BCUT2D eigenvalue weighted by atomic mass is 16.5. The number of benzene rings is 4. The molecule has 2 heterocycles. The van der Waals surface area contributed by atoms with Gasteiger partial charge in [-0.3, -0.25) is 0 Å². The molecule has 4 aromatic rings. The van der Waals surface area contributed by atoms with Gasteiger partial charge in [-0.05, 0) is 114 Å². The molecule has 0 bridgehead atoms. The van der Waals surface area contributed by atoms with Gasteiger partial charge in [-0.15, -0.1) is 0 Å². The number of aryl methyl sites for hydroxylation is 1. The summed E-state index contributed by atoms with van der Waals surface area (Å²) >= 11 is 0. The number of nitrogens with zero attached hydrogens (tertiary/aromatic N) is 2. The van der Waals surface area contributed by atoms with Crippen LogP contribution in [0.25, 0.3) is 0 Å². The minimum atomic E-state index is 0.544. The summed E-state index contributed by atoms with van der Waals surface area (Å²) in [5, 5.41) is 0. The number of anilines is 2. The molecule has 4 aromatic carbocycles. The second-order valence-electron chi connectivity index (χ2n) is 14.2. The lowest BCUT2D eigenvalue weighted by atomic mass is 9.75. The molecule has 0 amide bonds. The van der Waals surface area contributed by atoms with E-state index in [0.29, 0.717) is 37.1 Å². The van der Waals surface area contributed by atoms with E-state index in [0.717, 1.165) is 24.6 Å². The van der Waals surface area contributed by atoms with Crippen molar-refractivity contribution in [2.24, 2.45) is 0 Å². The fourth-order valence-corrected chi connectivity index (χ4v) is 7.58. The van der Waals surface area contributed by atoms with Crippen molar-refractivity contribution >= 4 is 11.4 Å². The van der Waals surface area contributed by atoms with Crippen LogP contribution in [0.3, 0.4) is 0 Å². The highest BCUT2D eigenvalue weighted by molar-refractivity contribution is 5.54. The smallest absolute Gasteiger partial charge is 0.161 e. The van der Waals surface area contributed by atoms with E-state index < -0.39 is 0 Å². The van der Waals surface area contributed by atoms with Gasteiger partial charge >= 0.3 is 0 Å². The van der Waals surface area contributed by atoms with Crippen LogP contribution in [-0.2, 0) is 13.1 Å². The molecule has 2 aliphatic heterocycles. The van der Waals surface area contributed by atoms with Crippen LogP contribution in [-0.4, -0.2) is 13.5 Å². The Morgan fingerprint density at radius 3 is 1.67 bits per heavy atom. The van der Waals surface area contributed by atoms with E-state index in [4.69, 9.17) is 9.47 Å². The summed E-state index contributed by atoms with van der Waals surface area (Å²) in [7, 11) is 0. The molecule has 7 rings (SSSR count). The third kappa shape index (κ3) is 6.17. The Morgan fingerprint density at radius 1 is 0.578 bits per heavy atom. The van der Waals surface area contributed by atoms with Crippen LogP contribution in [0.5, 0.6) is 11.5 Å². The maximum atomic E-state index is 6.32. The summed E-state index contributed by atoms with van der Waals surface area (Å²) < 4.78 is 12.5.